The first-order valence-electron chi connectivity index (χ1n) is 4.98. The van der Waals surface area contributed by atoms with Gasteiger partial charge in [-0.1, -0.05) is 13.3 Å². The van der Waals surface area contributed by atoms with Crippen LogP contribution in [-0.2, 0) is 0 Å². The monoisotopic (exact) mass is 168 g/mol. The van der Waals surface area contributed by atoms with E-state index in [1.165, 1.54) is 37.8 Å². The molecule has 2 nitrogen and oxygen atoms in total. The topological polar surface area (TPSA) is 15.6 Å². The molecule has 0 radical (unpaired) electrons. The number of unbranched alkanes of at least 4 members (excludes halogenated alkanes) is 1. The first kappa shape index (κ1) is 9.56. The SMILES string of the molecule is CCCCC(=NN(C)C)C1CC1. The van der Waals surface area contributed by atoms with Gasteiger partial charge in [0.1, 0.15) is 0 Å². The summed E-state index contributed by atoms with van der Waals surface area (Å²) in [5.74, 6) is 0.832. The van der Waals surface area contributed by atoms with Crippen molar-refractivity contribution in [3.8, 4) is 0 Å². The third-order valence-electron chi connectivity index (χ3n) is 2.16. The summed E-state index contributed by atoms with van der Waals surface area (Å²) in [5.41, 5.74) is 1.43. The highest BCUT2D eigenvalue weighted by atomic mass is 15.4. The zero-order valence-corrected chi connectivity index (χ0v) is 8.51. The highest BCUT2D eigenvalue weighted by Gasteiger charge is 2.27. The molecule has 2 heteroatoms. The normalized spacial score (nSPS) is 18.1. The molecule has 0 amide bonds. The number of nitrogens with zero attached hydrogens (tertiary/aromatic N) is 2. The van der Waals surface area contributed by atoms with Crippen LogP contribution in [0.3, 0.4) is 0 Å². The van der Waals surface area contributed by atoms with Crippen LogP contribution in [0.2, 0.25) is 0 Å². The molecule has 0 N–H and O–H groups in total. The van der Waals surface area contributed by atoms with E-state index in [9.17, 15) is 0 Å². The van der Waals surface area contributed by atoms with Gasteiger partial charge in [0.25, 0.3) is 0 Å². The molecule has 1 saturated carbocycles. The minimum absolute atomic E-state index is 0.832. The van der Waals surface area contributed by atoms with Crippen LogP contribution in [0.15, 0.2) is 5.10 Å². The molecule has 12 heavy (non-hydrogen) atoms. The molecule has 1 fully saturated rings. The zero-order valence-electron chi connectivity index (χ0n) is 8.51. The molecular weight excluding hydrogens is 148 g/mol. The van der Waals surface area contributed by atoms with E-state index in [1.807, 2.05) is 19.1 Å². The van der Waals surface area contributed by atoms with Gasteiger partial charge in [0.15, 0.2) is 0 Å². The summed E-state index contributed by atoms with van der Waals surface area (Å²) >= 11 is 0. The van der Waals surface area contributed by atoms with Gasteiger partial charge in [-0.3, -0.25) is 0 Å². The molecule has 0 aromatic carbocycles. The molecule has 0 aromatic rings. The third kappa shape index (κ3) is 3.24. The predicted molar refractivity (Wildman–Crippen MR) is 53.4 cm³/mol. The van der Waals surface area contributed by atoms with Crippen LogP contribution in [0.4, 0.5) is 0 Å². The van der Waals surface area contributed by atoms with Gasteiger partial charge in [0, 0.05) is 19.8 Å². The molecule has 0 aliphatic heterocycles. The standard InChI is InChI=1S/C10H20N2/c1-4-5-6-10(9-7-8-9)11-12(2)3/h9H,4-8H2,1-3H3. The molecule has 0 atom stereocenters. The Morgan fingerprint density at radius 3 is 2.50 bits per heavy atom. The maximum absolute atomic E-state index is 4.53. The van der Waals surface area contributed by atoms with E-state index in [-0.39, 0.29) is 0 Å². The van der Waals surface area contributed by atoms with Crippen molar-refractivity contribution >= 4 is 5.71 Å². The first-order chi connectivity index (χ1) is 5.74. The van der Waals surface area contributed by atoms with E-state index in [4.69, 9.17) is 0 Å². The molecule has 1 aliphatic carbocycles. The van der Waals surface area contributed by atoms with E-state index in [0.717, 1.165) is 5.92 Å². The quantitative estimate of drug-likeness (QED) is 0.455. The minimum Gasteiger partial charge on any atom is -0.303 e. The van der Waals surface area contributed by atoms with Crippen LogP contribution in [0.5, 0.6) is 0 Å². The molecule has 0 spiro atoms. The lowest BCUT2D eigenvalue weighted by molar-refractivity contribution is 0.433. The minimum atomic E-state index is 0.832. The molecule has 0 bridgehead atoms. The average Bonchev–Trinajstić information content (AvgIpc) is 2.79. The van der Waals surface area contributed by atoms with Gasteiger partial charge in [0.05, 0.1) is 0 Å². The second-order valence-corrected chi connectivity index (χ2v) is 3.82. The molecule has 0 unspecified atom stereocenters. The van der Waals surface area contributed by atoms with Crippen LogP contribution in [0.1, 0.15) is 39.0 Å². The van der Waals surface area contributed by atoms with Gasteiger partial charge in [-0.15, -0.1) is 0 Å². The highest BCUT2D eigenvalue weighted by molar-refractivity contribution is 5.88. The second kappa shape index (κ2) is 4.48. The fraction of sp³-hybridized carbons (Fsp3) is 0.900. The zero-order chi connectivity index (χ0) is 8.97. The van der Waals surface area contributed by atoms with Crippen LogP contribution in [0.25, 0.3) is 0 Å². The molecule has 0 heterocycles. The summed E-state index contributed by atoms with van der Waals surface area (Å²) in [6.07, 6.45) is 6.52. The molecule has 0 saturated heterocycles. The fourth-order valence-corrected chi connectivity index (χ4v) is 1.37. The first-order valence-corrected chi connectivity index (χ1v) is 4.98. The van der Waals surface area contributed by atoms with Gasteiger partial charge in [-0.2, -0.15) is 5.10 Å². The van der Waals surface area contributed by atoms with E-state index in [1.54, 1.807) is 0 Å². The van der Waals surface area contributed by atoms with Crippen LogP contribution in [0, 0.1) is 5.92 Å². The van der Waals surface area contributed by atoms with Crippen LogP contribution < -0.4 is 0 Å². The largest absolute Gasteiger partial charge is 0.303 e. The summed E-state index contributed by atoms with van der Waals surface area (Å²) < 4.78 is 0. The lowest BCUT2D eigenvalue weighted by atomic mass is 10.1. The van der Waals surface area contributed by atoms with Crippen molar-refractivity contribution in [2.24, 2.45) is 11.0 Å². The smallest absolute Gasteiger partial charge is 0.0411 e. The Kier molecular flexibility index (Phi) is 3.57. The highest BCUT2D eigenvalue weighted by Crippen LogP contribution is 2.32. The van der Waals surface area contributed by atoms with Crippen LogP contribution in [-0.4, -0.2) is 24.8 Å². The van der Waals surface area contributed by atoms with Gasteiger partial charge in [-0.05, 0) is 31.6 Å². The molecule has 70 valence electrons. The van der Waals surface area contributed by atoms with Crippen molar-refractivity contribution in [3.05, 3.63) is 0 Å². The Bertz CT molecular complexity index is 157. The average molecular weight is 168 g/mol. The summed E-state index contributed by atoms with van der Waals surface area (Å²) in [6.45, 7) is 2.24. The third-order valence-corrected chi connectivity index (χ3v) is 2.16. The Balaban J connectivity index is 2.37. The van der Waals surface area contributed by atoms with Crippen molar-refractivity contribution in [2.45, 2.75) is 39.0 Å². The van der Waals surface area contributed by atoms with Crippen molar-refractivity contribution < 1.29 is 0 Å². The van der Waals surface area contributed by atoms with Crippen LogP contribution >= 0.6 is 0 Å². The van der Waals surface area contributed by atoms with Crippen molar-refractivity contribution in [1.82, 2.24) is 5.01 Å². The van der Waals surface area contributed by atoms with Gasteiger partial charge < -0.3 is 5.01 Å². The number of rotatable bonds is 5. The Morgan fingerprint density at radius 2 is 2.08 bits per heavy atom. The maximum Gasteiger partial charge on any atom is 0.0411 e. The van der Waals surface area contributed by atoms with Crippen molar-refractivity contribution in [2.75, 3.05) is 14.1 Å². The van der Waals surface area contributed by atoms with E-state index < -0.39 is 0 Å². The number of hydrogen-bond acceptors (Lipinski definition) is 2. The Morgan fingerprint density at radius 1 is 1.42 bits per heavy atom. The second-order valence-electron chi connectivity index (χ2n) is 3.82. The van der Waals surface area contributed by atoms with E-state index >= 15 is 0 Å². The summed E-state index contributed by atoms with van der Waals surface area (Å²) in [7, 11) is 4.02. The Hall–Kier alpha value is -0.530. The number of hydrazone groups is 1. The summed E-state index contributed by atoms with van der Waals surface area (Å²) in [6, 6.07) is 0. The van der Waals surface area contributed by atoms with E-state index in [0.29, 0.717) is 0 Å². The lowest BCUT2D eigenvalue weighted by Crippen LogP contribution is -2.10. The molecule has 1 aliphatic rings. The fourth-order valence-electron chi connectivity index (χ4n) is 1.37. The van der Waals surface area contributed by atoms with E-state index in [2.05, 4.69) is 12.0 Å². The van der Waals surface area contributed by atoms with Crippen molar-refractivity contribution in [3.63, 3.8) is 0 Å². The number of hydrogen-bond donors (Lipinski definition) is 0. The molecule has 0 aromatic heterocycles. The van der Waals surface area contributed by atoms with Gasteiger partial charge in [0.2, 0.25) is 0 Å². The van der Waals surface area contributed by atoms with Gasteiger partial charge >= 0.3 is 0 Å². The van der Waals surface area contributed by atoms with Gasteiger partial charge in [-0.25, -0.2) is 0 Å². The molecule has 1 rings (SSSR count). The predicted octanol–water partition coefficient (Wildman–Crippen LogP) is 2.50. The molecular formula is C10H20N2. The summed E-state index contributed by atoms with van der Waals surface area (Å²) in [5, 5.41) is 6.46. The van der Waals surface area contributed by atoms with Crippen molar-refractivity contribution in [1.29, 1.82) is 0 Å². The lowest BCUT2D eigenvalue weighted by Gasteiger charge is -2.09. The summed E-state index contributed by atoms with van der Waals surface area (Å²) in [4.78, 5) is 0. The maximum atomic E-state index is 4.53. The Labute approximate surface area is 75.6 Å².